The number of amides is 1. The molecule has 1 aromatic carbocycles. The van der Waals surface area contributed by atoms with E-state index in [1.54, 1.807) is 18.0 Å². The minimum Gasteiger partial charge on any atom is -0.340 e. The first kappa shape index (κ1) is 16.0. The largest absolute Gasteiger partial charge is 0.340 e. The van der Waals surface area contributed by atoms with E-state index in [-0.39, 0.29) is 11.8 Å². The van der Waals surface area contributed by atoms with Crippen molar-refractivity contribution in [2.45, 2.75) is 18.7 Å². The molecular weight excluding hydrogens is 315 g/mol. The van der Waals surface area contributed by atoms with Crippen LogP contribution in [0, 0.1) is 5.92 Å². The quantitative estimate of drug-likeness (QED) is 0.786. The van der Waals surface area contributed by atoms with Crippen LogP contribution in [0.15, 0.2) is 23.1 Å². The maximum absolute atomic E-state index is 11.9. The van der Waals surface area contributed by atoms with Crippen LogP contribution in [-0.2, 0) is 4.79 Å². The van der Waals surface area contributed by atoms with Crippen LogP contribution in [0.25, 0.3) is 0 Å². The van der Waals surface area contributed by atoms with Gasteiger partial charge in [-0.05, 0) is 30.1 Å². The predicted octanol–water partition coefficient (Wildman–Crippen LogP) is 3.80. The Hall–Kier alpha value is -0.420. The Kier molecular flexibility index (Phi) is 5.61. The summed E-state index contributed by atoms with van der Waals surface area (Å²) in [5.41, 5.74) is 0. The van der Waals surface area contributed by atoms with Crippen molar-refractivity contribution in [1.29, 1.82) is 0 Å². The van der Waals surface area contributed by atoms with Crippen molar-refractivity contribution >= 4 is 41.1 Å². The second kappa shape index (κ2) is 7.03. The second-order valence-electron chi connectivity index (χ2n) is 5.08. The lowest BCUT2D eigenvalue weighted by molar-refractivity contribution is -0.135. The van der Waals surface area contributed by atoms with Gasteiger partial charge in [0.15, 0.2) is 0 Å². The first-order valence-corrected chi connectivity index (χ1v) is 8.17. The first-order valence-electron chi connectivity index (χ1n) is 6.64. The summed E-state index contributed by atoms with van der Waals surface area (Å²) in [6, 6.07) is 5.47. The van der Waals surface area contributed by atoms with Crippen LogP contribution in [0.2, 0.25) is 10.0 Å². The van der Waals surface area contributed by atoms with E-state index in [0.717, 1.165) is 31.1 Å². The Balaban J connectivity index is 1.91. The number of benzene rings is 1. The molecule has 110 valence electrons. The number of carbonyl (C=O) groups is 1. The summed E-state index contributed by atoms with van der Waals surface area (Å²) in [4.78, 5) is 14.8. The molecule has 1 aromatic rings. The van der Waals surface area contributed by atoms with Gasteiger partial charge in [0.05, 0.1) is 5.02 Å². The summed E-state index contributed by atoms with van der Waals surface area (Å²) in [6.07, 6.45) is 0. The van der Waals surface area contributed by atoms with Gasteiger partial charge < -0.3 is 4.90 Å². The molecule has 1 heterocycles. The lowest BCUT2D eigenvalue weighted by Crippen LogP contribution is -2.47. The van der Waals surface area contributed by atoms with E-state index in [9.17, 15) is 4.79 Å². The van der Waals surface area contributed by atoms with Crippen LogP contribution in [0.4, 0.5) is 0 Å². The third-order valence-corrected chi connectivity index (χ3v) is 5.00. The van der Waals surface area contributed by atoms with E-state index in [1.165, 1.54) is 0 Å². The van der Waals surface area contributed by atoms with Gasteiger partial charge in [-0.15, -0.1) is 0 Å². The molecule has 1 aliphatic rings. The van der Waals surface area contributed by atoms with Crippen molar-refractivity contribution in [3.8, 4) is 0 Å². The van der Waals surface area contributed by atoms with Crippen LogP contribution in [0.5, 0.6) is 0 Å². The van der Waals surface area contributed by atoms with Crippen LogP contribution in [0.3, 0.4) is 0 Å². The number of carbonyl (C=O) groups excluding carboxylic acids is 1. The summed E-state index contributed by atoms with van der Waals surface area (Å²) in [6.45, 7) is 7.09. The van der Waals surface area contributed by atoms with Crippen molar-refractivity contribution in [2.75, 3.05) is 26.2 Å². The fourth-order valence-electron chi connectivity index (χ4n) is 2.05. The molecule has 0 radical (unpaired) electrons. The molecule has 0 aliphatic carbocycles. The molecular formula is C14H18Cl2N2OS. The van der Waals surface area contributed by atoms with E-state index >= 15 is 0 Å². The standard InChI is InChI=1S/C14H18Cl2N2OS/c1-10(2)14(19)17-5-7-18(8-6-17)20-13-9-11(15)3-4-12(13)16/h3-4,9-10H,5-8H2,1-2H3. The number of piperazine rings is 1. The molecule has 0 N–H and O–H groups in total. The molecule has 0 atom stereocenters. The molecule has 3 nitrogen and oxygen atoms in total. The average molecular weight is 333 g/mol. The Morgan fingerprint density at radius 1 is 1.20 bits per heavy atom. The minimum absolute atomic E-state index is 0.0663. The van der Waals surface area contributed by atoms with Crippen molar-refractivity contribution in [2.24, 2.45) is 5.92 Å². The summed E-state index contributed by atoms with van der Waals surface area (Å²) >= 11 is 13.8. The predicted molar refractivity (Wildman–Crippen MR) is 85.3 cm³/mol. The number of hydrogen-bond donors (Lipinski definition) is 0. The maximum Gasteiger partial charge on any atom is 0.225 e. The molecule has 6 heteroatoms. The lowest BCUT2D eigenvalue weighted by Gasteiger charge is -2.34. The highest BCUT2D eigenvalue weighted by Gasteiger charge is 2.23. The normalized spacial score (nSPS) is 16.8. The second-order valence-corrected chi connectivity index (χ2v) is 7.06. The zero-order valence-electron chi connectivity index (χ0n) is 11.6. The highest BCUT2D eigenvalue weighted by Crippen LogP contribution is 2.32. The van der Waals surface area contributed by atoms with Gasteiger partial charge >= 0.3 is 0 Å². The van der Waals surface area contributed by atoms with Crippen molar-refractivity contribution < 1.29 is 4.79 Å². The van der Waals surface area contributed by atoms with Crippen LogP contribution in [0.1, 0.15) is 13.8 Å². The van der Waals surface area contributed by atoms with Gasteiger partial charge in [0.2, 0.25) is 5.91 Å². The van der Waals surface area contributed by atoms with E-state index in [0.29, 0.717) is 10.0 Å². The molecule has 0 aromatic heterocycles. The molecule has 0 unspecified atom stereocenters. The highest BCUT2D eigenvalue weighted by molar-refractivity contribution is 7.97. The third kappa shape index (κ3) is 4.04. The van der Waals surface area contributed by atoms with Crippen LogP contribution < -0.4 is 0 Å². The van der Waals surface area contributed by atoms with Crippen LogP contribution in [-0.4, -0.2) is 41.3 Å². The zero-order valence-corrected chi connectivity index (χ0v) is 13.9. The summed E-state index contributed by atoms with van der Waals surface area (Å²) in [5.74, 6) is 0.298. The van der Waals surface area contributed by atoms with E-state index < -0.39 is 0 Å². The van der Waals surface area contributed by atoms with E-state index in [1.807, 2.05) is 30.9 Å². The Morgan fingerprint density at radius 3 is 2.45 bits per heavy atom. The smallest absolute Gasteiger partial charge is 0.225 e. The summed E-state index contributed by atoms with van der Waals surface area (Å²) in [7, 11) is 0. The van der Waals surface area contributed by atoms with Crippen molar-refractivity contribution in [3.63, 3.8) is 0 Å². The maximum atomic E-state index is 11.9. The molecule has 0 spiro atoms. The van der Waals surface area contributed by atoms with Gasteiger partial charge in [-0.3, -0.25) is 4.79 Å². The third-order valence-electron chi connectivity index (χ3n) is 3.16. The van der Waals surface area contributed by atoms with Gasteiger partial charge in [0.25, 0.3) is 0 Å². The number of nitrogens with zero attached hydrogens (tertiary/aromatic N) is 2. The molecule has 1 aliphatic heterocycles. The Bertz CT molecular complexity index is 488. The highest BCUT2D eigenvalue weighted by atomic mass is 35.5. The van der Waals surface area contributed by atoms with Crippen molar-refractivity contribution in [3.05, 3.63) is 28.2 Å². The van der Waals surface area contributed by atoms with Gasteiger partial charge in [-0.1, -0.05) is 37.0 Å². The van der Waals surface area contributed by atoms with Gasteiger partial charge in [0, 0.05) is 42.0 Å². The zero-order chi connectivity index (χ0) is 14.7. The fourth-order valence-corrected chi connectivity index (χ4v) is 3.47. The van der Waals surface area contributed by atoms with Gasteiger partial charge in [0.1, 0.15) is 0 Å². The Labute approximate surface area is 134 Å². The lowest BCUT2D eigenvalue weighted by atomic mass is 10.2. The summed E-state index contributed by atoms with van der Waals surface area (Å²) in [5, 5.41) is 1.39. The van der Waals surface area contributed by atoms with E-state index in [4.69, 9.17) is 23.2 Å². The molecule has 20 heavy (non-hydrogen) atoms. The Morgan fingerprint density at radius 2 is 1.85 bits per heavy atom. The molecule has 1 amide bonds. The monoisotopic (exact) mass is 332 g/mol. The fraction of sp³-hybridized carbons (Fsp3) is 0.500. The molecule has 2 rings (SSSR count). The average Bonchev–Trinajstić information content (AvgIpc) is 2.43. The first-order chi connectivity index (χ1) is 9.47. The number of hydrogen-bond acceptors (Lipinski definition) is 3. The minimum atomic E-state index is 0.0663. The van der Waals surface area contributed by atoms with Crippen molar-refractivity contribution in [1.82, 2.24) is 9.21 Å². The van der Waals surface area contributed by atoms with Gasteiger partial charge in [-0.2, -0.15) is 0 Å². The molecule has 1 fully saturated rings. The van der Waals surface area contributed by atoms with E-state index in [2.05, 4.69) is 4.31 Å². The summed E-state index contributed by atoms with van der Waals surface area (Å²) < 4.78 is 2.22. The van der Waals surface area contributed by atoms with Crippen LogP contribution >= 0.6 is 35.1 Å². The SMILES string of the molecule is CC(C)C(=O)N1CCN(Sc2cc(Cl)ccc2Cl)CC1. The number of rotatable bonds is 3. The molecule has 0 bridgehead atoms. The topological polar surface area (TPSA) is 23.6 Å². The molecule has 0 saturated carbocycles. The molecule has 1 saturated heterocycles. The number of halogens is 2. The van der Waals surface area contributed by atoms with Gasteiger partial charge in [-0.25, -0.2) is 4.31 Å².